The van der Waals surface area contributed by atoms with Gasteiger partial charge in [-0.25, -0.2) is 0 Å². The number of hydrogen-bond donors (Lipinski definition) is 2. The van der Waals surface area contributed by atoms with E-state index in [4.69, 9.17) is 24.4 Å². The van der Waals surface area contributed by atoms with Crippen LogP contribution in [0.25, 0.3) is 0 Å². The molecule has 0 amide bonds. The highest BCUT2D eigenvalue weighted by molar-refractivity contribution is 9.29. The Labute approximate surface area is 137 Å². The molecule has 0 atom stereocenters. The predicted octanol–water partition coefficient (Wildman–Crippen LogP) is 5.01. The van der Waals surface area contributed by atoms with Crippen molar-refractivity contribution in [2.24, 2.45) is 0 Å². The largest absolute Gasteiger partial charge is 0.370 e. The van der Waals surface area contributed by atoms with Gasteiger partial charge in [-0.3, -0.25) is 0 Å². The molecule has 0 spiro atoms. The number of rotatable bonds is 9. The highest BCUT2D eigenvalue weighted by Gasteiger charge is 2.01. The lowest BCUT2D eigenvalue weighted by atomic mass is 10.3. The zero-order valence-electron chi connectivity index (χ0n) is 10.7. The van der Waals surface area contributed by atoms with Crippen molar-refractivity contribution in [2.75, 3.05) is 13.1 Å². The third-order valence-electron chi connectivity index (χ3n) is 1.85. The molecule has 18 heavy (non-hydrogen) atoms. The van der Waals surface area contributed by atoms with Gasteiger partial charge in [0, 0.05) is 13.1 Å². The lowest BCUT2D eigenvalue weighted by Gasteiger charge is -2.06. The molecule has 0 radical (unpaired) electrons. The molecular formula is C10H20N2S6. The number of hydrogen-bond acceptors (Lipinski definition) is 6. The van der Waals surface area contributed by atoms with Crippen LogP contribution in [-0.2, 0) is 0 Å². The van der Waals surface area contributed by atoms with Gasteiger partial charge in [-0.2, -0.15) is 0 Å². The molecule has 0 fully saturated rings. The second-order valence-electron chi connectivity index (χ2n) is 3.44. The van der Waals surface area contributed by atoms with Crippen LogP contribution in [0.2, 0.25) is 0 Å². The molecule has 0 bridgehead atoms. The van der Waals surface area contributed by atoms with Crippen LogP contribution in [0, 0.1) is 0 Å². The second kappa shape index (κ2) is 14.6. The van der Waals surface area contributed by atoms with Gasteiger partial charge >= 0.3 is 0 Å². The van der Waals surface area contributed by atoms with Gasteiger partial charge in [-0.05, 0) is 54.1 Å². The quantitative estimate of drug-likeness (QED) is 0.336. The van der Waals surface area contributed by atoms with E-state index in [1.54, 1.807) is 41.2 Å². The van der Waals surface area contributed by atoms with E-state index in [-0.39, 0.29) is 0 Å². The van der Waals surface area contributed by atoms with Crippen molar-refractivity contribution < 1.29 is 0 Å². The average Bonchev–Trinajstić information content (AvgIpc) is 2.35. The molecule has 106 valence electrons. The maximum atomic E-state index is 5.19. The van der Waals surface area contributed by atoms with E-state index in [1.807, 2.05) is 0 Å². The first kappa shape index (κ1) is 19.2. The van der Waals surface area contributed by atoms with Crippen molar-refractivity contribution in [1.82, 2.24) is 10.6 Å². The van der Waals surface area contributed by atoms with Gasteiger partial charge in [0.1, 0.15) is 8.64 Å². The molecule has 0 aromatic heterocycles. The summed E-state index contributed by atoms with van der Waals surface area (Å²) in [6.45, 7) is 6.28. The van der Waals surface area contributed by atoms with Crippen LogP contribution < -0.4 is 10.6 Å². The molecule has 0 rings (SSSR count). The van der Waals surface area contributed by atoms with Crippen LogP contribution >= 0.6 is 65.7 Å². The molecule has 0 saturated heterocycles. The van der Waals surface area contributed by atoms with E-state index in [0.717, 1.165) is 21.7 Å². The van der Waals surface area contributed by atoms with Gasteiger partial charge in [0.15, 0.2) is 0 Å². The lowest BCUT2D eigenvalue weighted by molar-refractivity contribution is 0.763. The van der Waals surface area contributed by atoms with Crippen molar-refractivity contribution in [3.8, 4) is 0 Å². The van der Waals surface area contributed by atoms with Gasteiger partial charge < -0.3 is 10.6 Å². The zero-order valence-corrected chi connectivity index (χ0v) is 15.6. The summed E-state index contributed by atoms with van der Waals surface area (Å²) in [6, 6.07) is 0. The van der Waals surface area contributed by atoms with E-state index >= 15 is 0 Å². The Morgan fingerprint density at radius 3 is 1.56 bits per heavy atom. The Bertz CT molecular complexity index is 212. The third-order valence-corrected chi connectivity index (χ3v) is 8.85. The molecule has 0 saturated carbocycles. The summed E-state index contributed by atoms with van der Waals surface area (Å²) in [5, 5.41) is 6.43. The Morgan fingerprint density at radius 1 is 0.833 bits per heavy atom. The minimum Gasteiger partial charge on any atom is -0.370 e. The highest BCUT2D eigenvalue weighted by atomic mass is 33.7. The number of thiocarbonyl (C=S) groups is 2. The van der Waals surface area contributed by atoms with E-state index in [9.17, 15) is 0 Å². The maximum Gasteiger partial charge on any atom is 0.145 e. The summed E-state index contributed by atoms with van der Waals surface area (Å²) in [5.74, 6) is 0. The fourth-order valence-electron chi connectivity index (χ4n) is 0.883. The Kier molecular flexibility index (Phi) is 15.5. The SMILES string of the molecule is CCCCNC(=S)SSSSC(=S)NCCCC. The van der Waals surface area contributed by atoms with Crippen LogP contribution in [0.15, 0.2) is 0 Å². The first-order valence-electron chi connectivity index (χ1n) is 5.94. The lowest BCUT2D eigenvalue weighted by Crippen LogP contribution is -2.18. The standard InChI is InChI=1S/C10H20N2S6/c1-3-5-7-11-9(13)15-17-18-16-10(14)12-8-6-4-2/h3-8H2,1-2H3,(H,11,13)(H,12,14). The number of nitrogens with one attached hydrogen (secondary N) is 2. The molecule has 0 aromatic carbocycles. The summed E-state index contributed by atoms with van der Waals surface area (Å²) in [5.41, 5.74) is 0. The summed E-state index contributed by atoms with van der Waals surface area (Å²) in [6.07, 6.45) is 4.71. The third kappa shape index (κ3) is 13.6. The summed E-state index contributed by atoms with van der Waals surface area (Å²) in [7, 11) is 6.48. The zero-order chi connectivity index (χ0) is 13.6. The molecule has 2 nitrogen and oxygen atoms in total. The monoisotopic (exact) mass is 360 g/mol. The van der Waals surface area contributed by atoms with Crippen molar-refractivity contribution in [3.05, 3.63) is 0 Å². The van der Waals surface area contributed by atoms with Crippen molar-refractivity contribution in [1.29, 1.82) is 0 Å². The van der Waals surface area contributed by atoms with E-state index in [2.05, 4.69) is 24.5 Å². The molecule has 0 aliphatic heterocycles. The molecule has 0 aliphatic rings. The minimum atomic E-state index is 0.853. The summed E-state index contributed by atoms with van der Waals surface area (Å²) < 4.78 is 1.71. The normalized spacial score (nSPS) is 10.1. The highest BCUT2D eigenvalue weighted by Crippen LogP contribution is 2.43. The topological polar surface area (TPSA) is 24.1 Å². The smallest absolute Gasteiger partial charge is 0.145 e. The van der Waals surface area contributed by atoms with Crippen molar-refractivity contribution in [3.63, 3.8) is 0 Å². The Hall–Kier alpha value is 1.18. The minimum absolute atomic E-state index is 0.853. The van der Waals surface area contributed by atoms with Crippen LogP contribution in [-0.4, -0.2) is 21.7 Å². The van der Waals surface area contributed by atoms with E-state index < -0.39 is 0 Å². The fraction of sp³-hybridized carbons (Fsp3) is 0.800. The summed E-state index contributed by atoms with van der Waals surface area (Å²) in [4.78, 5) is 0. The molecule has 0 unspecified atom stereocenters. The number of unbranched alkanes of at least 4 members (excludes halogenated alkanes) is 2. The molecule has 0 heterocycles. The van der Waals surface area contributed by atoms with Gasteiger partial charge in [-0.15, -0.1) is 0 Å². The van der Waals surface area contributed by atoms with E-state index in [1.165, 1.54) is 25.7 Å². The molecule has 8 heteroatoms. The molecule has 2 N–H and O–H groups in total. The van der Waals surface area contributed by atoms with Crippen LogP contribution in [0.5, 0.6) is 0 Å². The average molecular weight is 361 g/mol. The first-order chi connectivity index (χ1) is 8.70. The maximum absolute atomic E-state index is 5.19. The fourth-order valence-corrected chi connectivity index (χ4v) is 7.09. The van der Waals surface area contributed by atoms with Gasteiger partial charge in [0.25, 0.3) is 0 Å². The molecule has 0 aliphatic carbocycles. The molecular weight excluding hydrogens is 341 g/mol. The Morgan fingerprint density at radius 2 is 1.22 bits per heavy atom. The second-order valence-corrected chi connectivity index (χ2v) is 10.5. The first-order valence-corrected chi connectivity index (χ1v) is 11.6. The summed E-state index contributed by atoms with van der Waals surface area (Å²) >= 11 is 10.4. The Balaban J connectivity index is 3.32. The van der Waals surface area contributed by atoms with Gasteiger partial charge in [-0.1, -0.05) is 51.1 Å². The van der Waals surface area contributed by atoms with Gasteiger partial charge in [0.2, 0.25) is 0 Å². The van der Waals surface area contributed by atoms with Crippen LogP contribution in [0.3, 0.4) is 0 Å². The van der Waals surface area contributed by atoms with Gasteiger partial charge in [0.05, 0.1) is 0 Å². The van der Waals surface area contributed by atoms with Crippen molar-refractivity contribution in [2.45, 2.75) is 39.5 Å². The predicted molar refractivity (Wildman–Crippen MR) is 101 cm³/mol. The van der Waals surface area contributed by atoms with Crippen molar-refractivity contribution >= 4 is 74.3 Å². The molecule has 0 aromatic rings. The van der Waals surface area contributed by atoms with E-state index in [0.29, 0.717) is 0 Å². The van der Waals surface area contributed by atoms with Crippen LogP contribution in [0.4, 0.5) is 0 Å². The van der Waals surface area contributed by atoms with Crippen LogP contribution in [0.1, 0.15) is 39.5 Å².